The molecule has 1 amide bonds. The summed E-state index contributed by atoms with van der Waals surface area (Å²) in [5.74, 6) is 0. The van der Waals surface area contributed by atoms with Crippen LogP contribution in [0.25, 0.3) is 0 Å². The predicted octanol–water partition coefficient (Wildman–Crippen LogP) is -0.0941. The van der Waals surface area contributed by atoms with Crippen molar-refractivity contribution in [2.45, 2.75) is 44.9 Å². The molecule has 112 valence electrons. The zero-order chi connectivity index (χ0) is 14.8. The minimum absolute atomic E-state index is 0.150. The fourth-order valence-electron chi connectivity index (χ4n) is 1.94. The quantitative estimate of drug-likeness (QED) is 0.742. The van der Waals surface area contributed by atoms with Crippen molar-refractivity contribution in [3.63, 3.8) is 0 Å². The average molecular weight is 294 g/mol. The van der Waals surface area contributed by atoms with E-state index in [0.717, 1.165) is 6.26 Å². The third-order valence-electron chi connectivity index (χ3n) is 2.46. The number of hydrogen-bond acceptors (Lipinski definition) is 5. The lowest BCUT2D eigenvalue weighted by Gasteiger charge is -2.36. The fourth-order valence-corrected chi connectivity index (χ4v) is 2.71. The van der Waals surface area contributed by atoms with E-state index in [1.54, 1.807) is 20.8 Å². The Labute approximate surface area is 114 Å². The van der Waals surface area contributed by atoms with Crippen LogP contribution in [0.3, 0.4) is 0 Å². The van der Waals surface area contributed by atoms with E-state index in [9.17, 15) is 18.3 Å². The maximum Gasteiger partial charge on any atom is 0.410 e. The largest absolute Gasteiger partial charge is 0.444 e. The highest BCUT2D eigenvalue weighted by Gasteiger charge is 2.32. The lowest BCUT2D eigenvalue weighted by atomic mass is 10.0. The number of piperidine rings is 1. The molecule has 0 spiro atoms. The molecule has 0 radical (unpaired) electrons. The lowest BCUT2D eigenvalue weighted by Crippen LogP contribution is -2.54. The Morgan fingerprint density at radius 1 is 1.37 bits per heavy atom. The van der Waals surface area contributed by atoms with Gasteiger partial charge in [-0.3, -0.25) is 0 Å². The SMILES string of the molecule is CC(C)(C)OC(=O)N1C[C@@H](O)C[C@H](NS(C)(=O)=O)C1. The molecule has 0 saturated carbocycles. The Morgan fingerprint density at radius 2 is 1.95 bits per heavy atom. The topological polar surface area (TPSA) is 95.9 Å². The van der Waals surface area contributed by atoms with E-state index in [0.29, 0.717) is 0 Å². The Morgan fingerprint density at radius 3 is 2.42 bits per heavy atom. The van der Waals surface area contributed by atoms with Crippen molar-refractivity contribution in [2.24, 2.45) is 0 Å². The van der Waals surface area contributed by atoms with Crippen LogP contribution in [0, 0.1) is 0 Å². The number of carbonyl (C=O) groups excluding carboxylic acids is 1. The molecule has 0 bridgehead atoms. The number of β-amino-alcohol motifs (C(OH)–C–C–N with tert-alkyl or cyclic N) is 1. The number of ether oxygens (including phenoxy) is 1. The van der Waals surface area contributed by atoms with E-state index in [-0.39, 0.29) is 19.5 Å². The summed E-state index contributed by atoms with van der Waals surface area (Å²) in [6.07, 6.45) is 0.0186. The smallest absolute Gasteiger partial charge is 0.410 e. The summed E-state index contributed by atoms with van der Waals surface area (Å²) < 4.78 is 30.0. The molecule has 19 heavy (non-hydrogen) atoms. The standard InChI is InChI=1S/C11H22N2O5S/c1-11(2,3)18-10(15)13-6-8(5-9(14)7-13)12-19(4,16)17/h8-9,12,14H,5-7H2,1-4H3/t8-,9-/m0/s1. The van der Waals surface area contributed by atoms with Gasteiger partial charge in [0.1, 0.15) is 5.60 Å². The highest BCUT2D eigenvalue weighted by Crippen LogP contribution is 2.16. The van der Waals surface area contributed by atoms with Gasteiger partial charge in [-0.25, -0.2) is 17.9 Å². The Bertz CT molecular complexity index is 429. The molecule has 1 aliphatic heterocycles. The van der Waals surface area contributed by atoms with Crippen molar-refractivity contribution in [2.75, 3.05) is 19.3 Å². The van der Waals surface area contributed by atoms with Gasteiger partial charge in [-0.2, -0.15) is 0 Å². The van der Waals surface area contributed by atoms with E-state index in [1.807, 2.05) is 0 Å². The summed E-state index contributed by atoms with van der Waals surface area (Å²) in [4.78, 5) is 13.2. The molecule has 2 N–H and O–H groups in total. The molecule has 2 atom stereocenters. The predicted molar refractivity (Wildman–Crippen MR) is 70.2 cm³/mol. The molecule has 0 aliphatic carbocycles. The van der Waals surface area contributed by atoms with E-state index >= 15 is 0 Å². The summed E-state index contributed by atoms with van der Waals surface area (Å²) >= 11 is 0. The van der Waals surface area contributed by atoms with Gasteiger partial charge in [0.2, 0.25) is 10.0 Å². The van der Waals surface area contributed by atoms with Crippen molar-refractivity contribution in [1.82, 2.24) is 9.62 Å². The van der Waals surface area contributed by atoms with E-state index in [4.69, 9.17) is 4.74 Å². The monoisotopic (exact) mass is 294 g/mol. The van der Waals surface area contributed by atoms with Crippen LogP contribution in [0.2, 0.25) is 0 Å². The number of aliphatic hydroxyl groups is 1. The van der Waals surface area contributed by atoms with E-state index in [1.165, 1.54) is 4.90 Å². The maximum atomic E-state index is 11.9. The van der Waals surface area contributed by atoms with Gasteiger partial charge in [-0.05, 0) is 27.2 Å². The van der Waals surface area contributed by atoms with Gasteiger partial charge < -0.3 is 14.7 Å². The number of likely N-dealkylation sites (tertiary alicyclic amines) is 1. The Kier molecular flexibility index (Phi) is 4.81. The van der Waals surface area contributed by atoms with E-state index < -0.39 is 33.9 Å². The van der Waals surface area contributed by atoms with Gasteiger partial charge in [-0.15, -0.1) is 0 Å². The minimum Gasteiger partial charge on any atom is -0.444 e. The normalized spacial score (nSPS) is 25.2. The molecule has 0 aromatic heterocycles. The summed E-state index contributed by atoms with van der Waals surface area (Å²) in [5, 5.41) is 9.71. The zero-order valence-corrected chi connectivity index (χ0v) is 12.5. The van der Waals surface area contributed by atoms with Crippen molar-refractivity contribution >= 4 is 16.1 Å². The molecule has 1 aliphatic rings. The number of sulfonamides is 1. The van der Waals surface area contributed by atoms with Crippen LogP contribution in [0.15, 0.2) is 0 Å². The molecular weight excluding hydrogens is 272 g/mol. The Balaban J connectivity index is 2.67. The van der Waals surface area contributed by atoms with Gasteiger partial charge >= 0.3 is 6.09 Å². The molecular formula is C11H22N2O5S. The van der Waals surface area contributed by atoms with Crippen LogP contribution in [-0.2, 0) is 14.8 Å². The molecule has 0 aromatic carbocycles. The number of carbonyl (C=O) groups is 1. The molecule has 1 rings (SSSR count). The molecule has 1 fully saturated rings. The first-order valence-corrected chi connectivity index (χ1v) is 7.99. The van der Waals surface area contributed by atoms with Gasteiger partial charge in [0.25, 0.3) is 0 Å². The molecule has 7 nitrogen and oxygen atoms in total. The van der Waals surface area contributed by atoms with E-state index in [2.05, 4.69) is 4.72 Å². The average Bonchev–Trinajstić information content (AvgIpc) is 2.10. The lowest BCUT2D eigenvalue weighted by molar-refractivity contribution is -0.000668. The van der Waals surface area contributed by atoms with Crippen molar-refractivity contribution in [3.05, 3.63) is 0 Å². The van der Waals surface area contributed by atoms with Crippen LogP contribution < -0.4 is 4.72 Å². The number of nitrogens with one attached hydrogen (secondary N) is 1. The molecule has 1 saturated heterocycles. The maximum absolute atomic E-state index is 11.9. The van der Waals surface area contributed by atoms with Gasteiger partial charge in [-0.1, -0.05) is 0 Å². The minimum atomic E-state index is -3.37. The highest BCUT2D eigenvalue weighted by molar-refractivity contribution is 7.88. The van der Waals surface area contributed by atoms with Crippen LogP contribution in [-0.4, -0.2) is 61.6 Å². The summed E-state index contributed by atoms with van der Waals surface area (Å²) in [6.45, 7) is 5.59. The highest BCUT2D eigenvalue weighted by atomic mass is 32.2. The molecule has 0 unspecified atom stereocenters. The second kappa shape index (κ2) is 5.64. The number of nitrogens with zero attached hydrogens (tertiary/aromatic N) is 1. The molecule has 8 heteroatoms. The third kappa shape index (κ3) is 6.22. The molecule has 1 heterocycles. The first kappa shape index (κ1) is 16.2. The number of rotatable bonds is 2. The first-order valence-electron chi connectivity index (χ1n) is 6.09. The Hall–Kier alpha value is -0.860. The molecule has 0 aromatic rings. The summed E-state index contributed by atoms with van der Waals surface area (Å²) in [5.41, 5.74) is -0.626. The summed E-state index contributed by atoms with van der Waals surface area (Å²) in [7, 11) is -3.37. The van der Waals surface area contributed by atoms with Crippen LogP contribution in [0.1, 0.15) is 27.2 Å². The van der Waals surface area contributed by atoms with Gasteiger partial charge in [0.15, 0.2) is 0 Å². The zero-order valence-electron chi connectivity index (χ0n) is 11.7. The van der Waals surface area contributed by atoms with Crippen molar-refractivity contribution < 1.29 is 23.1 Å². The van der Waals surface area contributed by atoms with Gasteiger partial charge in [0.05, 0.1) is 18.9 Å². The number of aliphatic hydroxyl groups excluding tert-OH is 1. The van der Waals surface area contributed by atoms with Crippen molar-refractivity contribution in [1.29, 1.82) is 0 Å². The fraction of sp³-hybridized carbons (Fsp3) is 0.909. The van der Waals surface area contributed by atoms with Gasteiger partial charge in [0, 0.05) is 12.6 Å². The summed E-state index contributed by atoms with van der Waals surface area (Å²) in [6, 6.07) is -0.494. The second-order valence-corrected chi connectivity index (χ2v) is 7.64. The van der Waals surface area contributed by atoms with Crippen LogP contribution in [0.5, 0.6) is 0 Å². The first-order chi connectivity index (χ1) is 8.46. The van der Waals surface area contributed by atoms with Crippen LogP contribution >= 0.6 is 0 Å². The third-order valence-corrected chi connectivity index (χ3v) is 3.22. The van der Waals surface area contributed by atoms with Crippen LogP contribution in [0.4, 0.5) is 4.79 Å². The number of amides is 1. The second-order valence-electron chi connectivity index (χ2n) is 5.86. The van der Waals surface area contributed by atoms with Crippen molar-refractivity contribution in [3.8, 4) is 0 Å². The number of hydrogen-bond donors (Lipinski definition) is 2.